The predicted octanol–water partition coefficient (Wildman–Crippen LogP) is 2.24. The molecule has 0 aliphatic carbocycles. The average molecular weight is 199 g/mol. The molecular weight excluding hydrogens is 194 g/mol. The molecule has 5 heteroatoms. The number of fused-ring (bicyclic) bond motifs is 1. The minimum absolute atomic E-state index is 0.372. The maximum atomic E-state index is 10.5. The van der Waals surface area contributed by atoms with Crippen LogP contribution in [-0.4, -0.2) is 11.1 Å². The Morgan fingerprint density at radius 1 is 1.33 bits per heavy atom. The number of carbonyl (C=O) groups is 1. The highest BCUT2D eigenvalue weighted by atomic mass is 32.1. The molecule has 3 nitrogen and oxygen atoms in total. The van der Waals surface area contributed by atoms with Gasteiger partial charge in [0.05, 0.1) is 5.00 Å². The molecule has 2 aromatic heterocycles. The third-order valence-electron chi connectivity index (χ3n) is 1.44. The van der Waals surface area contributed by atoms with Crippen LogP contribution in [0.1, 0.15) is 9.67 Å². The molecule has 0 spiro atoms. The minimum atomic E-state index is -0.873. The van der Waals surface area contributed by atoms with E-state index in [1.54, 1.807) is 12.1 Å². The second kappa shape index (κ2) is 2.46. The number of nitrogen functional groups attached to an aromatic ring is 1. The van der Waals surface area contributed by atoms with Crippen LogP contribution in [0.25, 0.3) is 9.40 Å². The van der Waals surface area contributed by atoms with E-state index in [9.17, 15) is 4.79 Å². The van der Waals surface area contributed by atoms with Crippen LogP contribution in [0.4, 0.5) is 5.00 Å². The van der Waals surface area contributed by atoms with Crippen molar-refractivity contribution in [2.45, 2.75) is 0 Å². The first-order valence-electron chi connectivity index (χ1n) is 3.19. The number of anilines is 1. The molecule has 0 fully saturated rings. The number of nitrogens with two attached hydrogens (primary N) is 1. The van der Waals surface area contributed by atoms with Crippen LogP contribution in [0.3, 0.4) is 0 Å². The van der Waals surface area contributed by atoms with Crippen LogP contribution in [0.5, 0.6) is 0 Å². The molecule has 62 valence electrons. The SMILES string of the molecule is Nc1cc2sc(C(=O)O)cc2s1. The summed E-state index contributed by atoms with van der Waals surface area (Å²) in [5.41, 5.74) is 5.54. The molecule has 0 amide bonds. The van der Waals surface area contributed by atoms with E-state index in [0.29, 0.717) is 4.88 Å². The smallest absolute Gasteiger partial charge is 0.345 e. The number of thiophene rings is 2. The summed E-state index contributed by atoms with van der Waals surface area (Å²) in [5.74, 6) is -0.873. The van der Waals surface area contributed by atoms with E-state index >= 15 is 0 Å². The van der Waals surface area contributed by atoms with E-state index in [2.05, 4.69) is 0 Å². The number of hydrogen-bond acceptors (Lipinski definition) is 4. The molecular formula is C7H5NO2S2. The highest BCUT2D eigenvalue weighted by molar-refractivity contribution is 7.30. The Bertz CT molecular complexity index is 412. The van der Waals surface area contributed by atoms with Crippen LogP contribution in [0.2, 0.25) is 0 Å². The molecule has 0 radical (unpaired) electrons. The Morgan fingerprint density at radius 2 is 2.00 bits per heavy atom. The van der Waals surface area contributed by atoms with Crippen molar-refractivity contribution < 1.29 is 9.90 Å². The average Bonchev–Trinajstić information content (AvgIpc) is 2.42. The van der Waals surface area contributed by atoms with Gasteiger partial charge >= 0.3 is 5.97 Å². The maximum absolute atomic E-state index is 10.5. The van der Waals surface area contributed by atoms with E-state index in [0.717, 1.165) is 14.4 Å². The summed E-state index contributed by atoms with van der Waals surface area (Å²) >= 11 is 2.67. The quantitative estimate of drug-likeness (QED) is 0.740. The van der Waals surface area contributed by atoms with Gasteiger partial charge in [-0.15, -0.1) is 22.7 Å². The lowest BCUT2D eigenvalue weighted by atomic mass is 10.4. The lowest BCUT2D eigenvalue weighted by molar-refractivity contribution is 0.0702. The number of carboxylic acids is 1. The van der Waals surface area contributed by atoms with Crippen molar-refractivity contribution in [2.75, 3.05) is 5.73 Å². The van der Waals surface area contributed by atoms with Crippen molar-refractivity contribution in [1.82, 2.24) is 0 Å². The zero-order valence-corrected chi connectivity index (χ0v) is 7.54. The molecule has 0 aliphatic heterocycles. The lowest BCUT2D eigenvalue weighted by Crippen LogP contribution is -1.89. The summed E-state index contributed by atoms with van der Waals surface area (Å²) in [7, 11) is 0. The van der Waals surface area contributed by atoms with Gasteiger partial charge in [-0.05, 0) is 12.1 Å². The Morgan fingerprint density at radius 3 is 2.58 bits per heavy atom. The largest absolute Gasteiger partial charge is 0.477 e. The highest BCUT2D eigenvalue weighted by Gasteiger charge is 2.09. The summed E-state index contributed by atoms with van der Waals surface area (Å²) in [5, 5.41) is 9.39. The Labute approximate surface area is 76.1 Å². The molecule has 0 saturated heterocycles. The van der Waals surface area contributed by atoms with Gasteiger partial charge in [-0.25, -0.2) is 4.79 Å². The second-order valence-corrected chi connectivity index (χ2v) is 4.49. The van der Waals surface area contributed by atoms with Gasteiger partial charge in [0.2, 0.25) is 0 Å². The first-order chi connectivity index (χ1) is 5.66. The fourth-order valence-corrected chi connectivity index (χ4v) is 2.97. The normalized spacial score (nSPS) is 10.7. The Kier molecular flexibility index (Phi) is 1.55. The minimum Gasteiger partial charge on any atom is -0.477 e. The van der Waals surface area contributed by atoms with Crippen molar-refractivity contribution in [1.29, 1.82) is 0 Å². The summed E-state index contributed by atoms with van der Waals surface area (Å²) in [6, 6.07) is 3.46. The molecule has 3 N–H and O–H groups in total. The van der Waals surface area contributed by atoms with Crippen LogP contribution in [0.15, 0.2) is 12.1 Å². The first kappa shape index (κ1) is 7.57. The lowest BCUT2D eigenvalue weighted by Gasteiger charge is -1.81. The van der Waals surface area contributed by atoms with Gasteiger partial charge in [-0.3, -0.25) is 0 Å². The molecule has 0 aromatic carbocycles. The molecule has 2 heterocycles. The van der Waals surface area contributed by atoms with E-state index in [1.807, 2.05) is 0 Å². The second-order valence-electron chi connectivity index (χ2n) is 2.29. The van der Waals surface area contributed by atoms with Gasteiger partial charge in [0, 0.05) is 9.40 Å². The summed E-state index contributed by atoms with van der Waals surface area (Å²) in [4.78, 5) is 10.9. The van der Waals surface area contributed by atoms with Crippen molar-refractivity contribution in [3.05, 3.63) is 17.0 Å². The number of rotatable bonds is 1. The summed E-state index contributed by atoms with van der Waals surface area (Å²) in [6.07, 6.45) is 0. The Hall–Kier alpha value is -1.07. The fraction of sp³-hybridized carbons (Fsp3) is 0. The van der Waals surface area contributed by atoms with Gasteiger partial charge in [0.1, 0.15) is 4.88 Å². The van der Waals surface area contributed by atoms with Crippen molar-refractivity contribution in [3.63, 3.8) is 0 Å². The third kappa shape index (κ3) is 1.07. The molecule has 2 aromatic rings. The van der Waals surface area contributed by atoms with E-state index in [1.165, 1.54) is 22.7 Å². The molecule has 2 rings (SSSR count). The monoisotopic (exact) mass is 199 g/mol. The predicted molar refractivity (Wildman–Crippen MR) is 51.1 cm³/mol. The van der Waals surface area contributed by atoms with Crippen molar-refractivity contribution in [3.8, 4) is 0 Å². The molecule has 0 atom stereocenters. The summed E-state index contributed by atoms with van der Waals surface area (Å²) < 4.78 is 1.91. The zero-order chi connectivity index (χ0) is 8.72. The molecule has 0 bridgehead atoms. The zero-order valence-electron chi connectivity index (χ0n) is 5.90. The standard InChI is InChI=1S/C7H5NO2S2/c8-6-2-4-3(12-6)1-5(11-4)7(9)10/h1-2H,8H2,(H,9,10). The highest BCUT2D eigenvalue weighted by Crippen LogP contribution is 2.34. The van der Waals surface area contributed by atoms with Gasteiger partial charge in [0.25, 0.3) is 0 Å². The number of carboxylic acid groups (broad SMARTS) is 1. The first-order valence-corrected chi connectivity index (χ1v) is 4.82. The number of aromatic carboxylic acids is 1. The summed E-state index contributed by atoms with van der Waals surface area (Å²) in [6.45, 7) is 0. The van der Waals surface area contributed by atoms with Crippen molar-refractivity contribution >= 4 is 43.0 Å². The third-order valence-corrected chi connectivity index (χ3v) is 3.55. The number of hydrogen-bond donors (Lipinski definition) is 2. The Balaban J connectivity index is 2.64. The van der Waals surface area contributed by atoms with Crippen LogP contribution in [0, 0.1) is 0 Å². The topological polar surface area (TPSA) is 63.3 Å². The van der Waals surface area contributed by atoms with Gasteiger partial charge in [-0.2, -0.15) is 0 Å². The van der Waals surface area contributed by atoms with E-state index in [-0.39, 0.29) is 0 Å². The van der Waals surface area contributed by atoms with Crippen LogP contribution >= 0.6 is 22.7 Å². The van der Waals surface area contributed by atoms with E-state index < -0.39 is 5.97 Å². The van der Waals surface area contributed by atoms with Gasteiger partial charge < -0.3 is 10.8 Å². The molecule has 0 saturated carbocycles. The molecule has 0 unspecified atom stereocenters. The molecule has 12 heavy (non-hydrogen) atoms. The van der Waals surface area contributed by atoms with Gasteiger partial charge in [0.15, 0.2) is 0 Å². The molecule has 0 aliphatic rings. The van der Waals surface area contributed by atoms with Crippen LogP contribution < -0.4 is 5.73 Å². The van der Waals surface area contributed by atoms with Crippen LogP contribution in [-0.2, 0) is 0 Å². The fourth-order valence-electron chi connectivity index (χ4n) is 0.960. The van der Waals surface area contributed by atoms with E-state index in [4.69, 9.17) is 10.8 Å². The van der Waals surface area contributed by atoms with Crippen molar-refractivity contribution in [2.24, 2.45) is 0 Å². The maximum Gasteiger partial charge on any atom is 0.345 e. The van der Waals surface area contributed by atoms with Gasteiger partial charge in [-0.1, -0.05) is 0 Å².